The fourth-order valence-corrected chi connectivity index (χ4v) is 3.98. The fourth-order valence-electron chi connectivity index (χ4n) is 3.98. The number of rotatable bonds is 3. The minimum atomic E-state index is -2.31. The number of alkyl halides is 1. The minimum absolute atomic E-state index is 0.111. The molecule has 3 aliphatic rings. The third kappa shape index (κ3) is 1.58. The maximum absolute atomic E-state index is 13.2. The van der Waals surface area contributed by atoms with Crippen LogP contribution >= 0.6 is 0 Å². The van der Waals surface area contributed by atoms with E-state index in [1.54, 1.807) is 6.92 Å². The van der Waals surface area contributed by atoms with Gasteiger partial charge in [-0.05, 0) is 44.9 Å². The van der Waals surface area contributed by atoms with E-state index in [-0.39, 0.29) is 11.8 Å². The van der Waals surface area contributed by atoms with E-state index < -0.39 is 29.3 Å². The predicted molar refractivity (Wildman–Crippen MR) is 64.4 cm³/mol. The number of aliphatic hydroxyl groups is 4. The lowest BCUT2D eigenvalue weighted by Gasteiger charge is -2.51. The van der Waals surface area contributed by atoms with Gasteiger partial charge in [-0.3, -0.25) is 0 Å². The Morgan fingerprint density at radius 2 is 1.68 bits per heavy atom. The highest BCUT2D eigenvalue weighted by molar-refractivity contribution is 5.21. The Morgan fingerprint density at radius 1 is 1.16 bits per heavy atom. The molecule has 3 atom stereocenters. The zero-order chi connectivity index (χ0) is 14.3. The molecule has 2 aliphatic carbocycles. The average molecular weight is 275 g/mol. The molecule has 0 aromatic carbocycles. The number of hydrogen-bond donors (Lipinski definition) is 4. The first kappa shape index (κ1) is 13.7. The highest BCUT2D eigenvalue weighted by atomic mass is 19.1. The van der Waals surface area contributed by atoms with E-state index in [2.05, 4.69) is 0 Å². The first-order valence-corrected chi connectivity index (χ1v) is 6.88. The zero-order valence-corrected chi connectivity index (χ0v) is 11.3. The molecule has 0 aromatic heterocycles. The maximum atomic E-state index is 13.2. The van der Waals surface area contributed by atoms with E-state index in [1.165, 1.54) is 11.8 Å². The Bertz CT molecular complexity index is 404. The maximum Gasteiger partial charge on any atom is 0.231 e. The van der Waals surface area contributed by atoms with Gasteiger partial charge in [-0.15, -0.1) is 0 Å². The second-order valence-electron chi connectivity index (χ2n) is 6.82. The van der Waals surface area contributed by atoms with E-state index >= 15 is 0 Å². The van der Waals surface area contributed by atoms with Crippen LogP contribution in [0.25, 0.3) is 0 Å². The molecule has 0 bridgehead atoms. The molecule has 1 aliphatic heterocycles. The summed E-state index contributed by atoms with van der Waals surface area (Å²) in [6.07, 6.45) is 1.22. The monoisotopic (exact) mass is 275 g/mol. The zero-order valence-electron chi connectivity index (χ0n) is 11.3. The topological polar surface area (TPSA) is 84.2 Å². The van der Waals surface area contributed by atoms with Crippen molar-refractivity contribution >= 4 is 0 Å². The van der Waals surface area contributed by atoms with Gasteiger partial charge in [-0.1, -0.05) is 0 Å². The molecule has 6 heteroatoms. The Labute approximate surface area is 111 Å². The van der Waals surface area contributed by atoms with Crippen LogP contribution in [-0.2, 0) is 0 Å². The van der Waals surface area contributed by atoms with E-state index in [0.29, 0.717) is 13.0 Å². The van der Waals surface area contributed by atoms with Crippen molar-refractivity contribution in [1.82, 2.24) is 4.90 Å². The van der Waals surface area contributed by atoms with Gasteiger partial charge in [-0.2, -0.15) is 0 Å². The molecule has 1 saturated heterocycles. The minimum Gasteiger partial charge on any atom is -0.364 e. The van der Waals surface area contributed by atoms with Crippen LogP contribution in [-0.4, -0.2) is 55.3 Å². The second kappa shape index (κ2) is 3.49. The predicted octanol–water partition coefficient (Wildman–Crippen LogP) is -0.0718. The van der Waals surface area contributed by atoms with Gasteiger partial charge in [-0.25, -0.2) is 9.29 Å². The van der Waals surface area contributed by atoms with Crippen molar-refractivity contribution in [2.45, 2.75) is 62.9 Å². The van der Waals surface area contributed by atoms with Crippen LogP contribution < -0.4 is 0 Å². The second-order valence-corrected chi connectivity index (χ2v) is 6.82. The normalized spacial score (nSPS) is 41.8. The summed E-state index contributed by atoms with van der Waals surface area (Å²) in [7, 11) is 0. The van der Waals surface area contributed by atoms with Gasteiger partial charge in [0.05, 0.1) is 11.5 Å². The molecular formula is C13H22FNO4. The van der Waals surface area contributed by atoms with E-state index in [4.69, 9.17) is 0 Å². The quantitative estimate of drug-likeness (QED) is 0.542. The fraction of sp³-hybridized carbons (Fsp3) is 1.00. The van der Waals surface area contributed by atoms with Crippen LogP contribution in [0.15, 0.2) is 0 Å². The van der Waals surface area contributed by atoms with E-state index in [0.717, 1.165) is 12.8 Å². The number of halogens is 1. The molecule has 1 spiro atoms. The lowest BCUT2D eigenvalue weighted by atomic mass is 9.76. The van der Waals surface area contributed by atoms with Crippen LogP contribution in [0, 0.1) is 11.3 Å². The summed E-state index contributed by atoms with van der Waals surface area (Å²) in [6, 6.07) is 0. The molecule has 19 heavy (non-hydrogen) atoms. The van der Waals surface area contributed by atoms with Gasteiger partial charge in [0, 0.05) is 6.54 Å². The summed E-state index contributed by atoms with van der Waals surface area (Å²) >= 11 is 0. The first-order valence-electron chi connectivity index (χ1n) is 6.88. The van der Waals surface area contributed by atoms with Crippen molar-refractivity contribution in [2.75, 3.05) is 6.54 Å². The van der Waals surface area contributed by atoms with Gasteiger partial charge in [0.15, 0.2) is 5.79 Å². The summed E-state index contributed by atoms with van der Waals surface area (Å²) in [5, 5.41) is 40.9. The third-order valence-electron chi connectivity index (χ3n) is 5.77. The Balaban J connectivity index is 1.97. The van der Waals surface area contributed by atoms with E-state index in [1.807, 2.05) is 0 Å². The molecule has 1 heterocycles. The van der Waals surface area contributed by atoms with Gasteiger partial charge >= 0.3 is 0 Å². The molecule has 3 fully saturated rings. The van der Waals surface area contributed by atoms with Crippen LogP contribution in [0.2, 0.25) is 0 Å². The van der Waals surface area contributed by atoms with Crippen LogP contribution in [0.3, 0.4) is 0 Å². The Morgan fingerprint density at radius 3 is 2.05 bits per heavy atom. The standard InChI is InChI=1S/C13H22FNO4/c1-10(11(2,16)17)12(3-4-12)5-6-15(10)13(18,19)8-7-9(8)14/h8-9,16-19H,3-7H2,1-2H3/t8?,9?,10-/m0/s1. The van der Waals surface area contributed by atoms with Crippen LogP contribution in [0.5, 0.6) is 0 Å². The van der Waals surface area contributed by atoms with Gasteiger partial charge in [0.1, 0.15) is 6.17 Å². The van der Waals surface area contributed by atoms with Crippen LogP contribution in [0.1, 0.15) is 39.5 Å². The largest absolute Gasteiger partial charge is 0.364 e. The van der Waals surface area contributed by atoms with Crippen molar-refractivity contribution in [3.8, 4) is 0 Å². The lowest BCUT2D eigenvalue weighted by molar-refractivity contribution is -0.344. The first-order chi connectivity index (χ1) is 8.56. The number of nitrogens with zero attached hydrogens (tertiary/aromatic N) is 1. The Kier molecular flexibility index (Phi) is 2.51. The smallest absolute Gasteiger partial charge is 0.231 e. The van der Waals surface area contributed by atoms with Gasteiger partial charge in [0.2, 0.25) is 5.91 Å². The molecule has 2 saturated carbocycles. The summed E-state index contributed by atoms with van der Waals surface area (Å²) in [5.41, 5.74) is -1.48. The summed E-state index contributed by atoms with van der Waals surface area (Å²) in [4.78, 5) is 1.30. The average Bonchev–Trinajstić information content (AvgIpc) is 3.11. The molecule has 2 unspecified atom stereocenters. The molecule has 0 radical (unpaired) electrons. The molecule has 3 rings (SSSR count). The van der Waals surface area contributed by atoms with Gasteiger partial charge < -0.3 is 20.4 Å². The summed E-state index contributed by atoms with van der Waals surface area (Å²) in [6.45, 7) is 3.24. The van der Waals surface area contributed by atoms with Crippen molar-refractivity contribution in [3.05, 3.63) is 0 Å². The molecule has 4 N–H and O–H groups in total. The lowest BCUT2D eigenvalue weighted by Crippen LogP contribution is -2.69. The molecule has 5 nitrogen and oxygen atoms in total. The molecule has 110 valence electrons. The van der Waals surface area contributed by atoms with Crippen molar-refractivity contribution < 1.29 is 24.8 Å². The highest BCUT2D eigenvalue weighted by Crippen LogP contribution is 2.67. The van der Waals surface area contributed by atoms with Crippen molar-refractivity contribution in [1.29, 1.82) is 0 Å². The molecule has 0 amide bonds. The summed E-state index contributed by atoms with van der Waals surface area (Å²) < 4.78 is 13.2. The highest BCUT2D eigenvalue weighted by Gasteiger charge is 2.74. The number of likely N-dealkylation sites (tertiary alicyclic amines) is 1. The van der Waals surface area contributed by atoms with Crippen molar-refractivity contribution in [2.24, 2.45) is 11.3 Å². The molecular weight excluding hydrogens is 253 g/mol. The van der Waals surface area contributed by atoms with E-state index in [9.17, 15) is 24.8 Å². The number of hydrogen-bond acceptors (Lipinski definition) is 5. The van der Waals surface area contributed by atoms with Crippen LogP contribution in [0.4, 0.5) is 4.39 Å². The summed E-state index contributed by atoms with van der Waals surface area (Å²) in [5.74, 6) is -5.24. The molecule has 0 aromatic rings. The third-order valence-corrected chi connectivity index (χ3v) is 5.77. The Hall–Kier alpha value is -0.270. The van der Waals surface area contributed by atoms with Crippen molar-refractivity contribution in [3.63, 3.8) is 0 Å². The van der Waals surface area contributed by atoms with Gasteiger partial charge in [0.25, 0.3) is 0 Å². The SMILES string of the molecule is CC(O)(O)[C@]1(C)N(C(O)(O)C2CC2F)CCC12CC2.